The molecule has 8 unspecified atom stereocenters. The van der Waals surface area contributed by atoms with Crippen LogP contribution in [-0.4, -0.2) is 107 Å². The number of allylic oxidation sites excluding steroid dienone is 5. The fourth-order valence-corrected chi connectivity index (χ4v) is 7.08. The maximum absolute atomic E-state index is 13.0. The largest absolute Gasteiger partial charge is 0.397 e. The van der Waals surface area contributed by atoms with Crippen LogP contribution in [0.3, 0.4) is 0 Å². The third kappa shape index (κ3) is 25.6. The Hall–Kier alpha value is -1.72. The highest BCUT2D eigenvalue weighted by Crippen LogP contribution is 2.26. The van der Waals surface area contributed by atoms with Gasteiger partial charge in [0.05, 0.1) is 25.4 Å². The minimum atomic E-state index is -5.11. The van der Waals surface area contributed by atoms with Crippen LogP contribution in [0.1, 0.15) is 162 Å². The van der Waals surface area contributed by atoms with Gasteiger partial charge < -0.3 is 40.3 Å². The van der Waals surface area contributed by atoms with Crippen molar-refractivity contribution in [3.63, 3.8) is 0 Å². The van der Waals surface area contributed by atoms with Gasteiger partial charge >= 0.3 is 10.4 Å². The maximum Gasteiger partial charge on any atom is 0.397 e. The molecule has 1 saturated heterocycles. The molecule has 13 nitrogen and oxygen atoms in total. The van der Waals surface area contributed by atoms with Crippen molar-refractivity contribution in [2.75, 3.05) is 13.2 Å². The smallest absolute Gasteiger partial charge is 0.394 e. The Kier molecular flexibility index (Phi) is 31.0. The number of aliphatic hydroxyl groups excluding tert-OH is 5. The second-order valence-corrected chi connectivity index (χ2v) is 16.1. The fourth-order valence-electron chi connectivity index (χ4n) is 6.57. The number of aliphatic hydroxyl groups is 5. The third-order valence-electron chi connectivity index (χ3n) is 10.1. The van der Waals surface area contributed by atoms with Crippen LogP contribution >= 0.6 is 0 Å². The second kappa shape index (κ2) is 33.1. The standard InChI is InChI=1S/C42H77NO12S/c1-3-5-7-9-11-13-14-15-16-17-18-19-20-21-23-25-27-29-31-36(46)41(49)43-34(35(45)30-28-26-24-22-12-10-8-6-4-2)33-53-42-39(48)40(55-56(50,51)52)38(47)37(32-44)54-42/h11,13-15,28,30,34-40,42,44-48H,3-10,12,16-27,29,31-33H2,1-2H3,(H,43,49)(H,50,51,52)/b13-11-,15-14-,30-28+. The summed E-state index contributed by atoms with van der Waals surface area (Å²) in [5, 5.41) is 54.9. The Balaban J connectivity index is 2.56. The first-order valence-electron chi connectivity index (χ1n) is 21.5. The summed E-state index contributed by atoms with van der Waals surface area (Å²) in [5.74, 6) is -0.711. The summed E-state index contributed by atoms with van der Waals surface area (Å²) in [7, 11) is -5.11. The summed E-state index contributed by atoms with van der Waals surface area (Å²) in [6.45, 7) is 3.12. The van der Waals surface area contributed by atoms with Crippen LogP contribution in [0.25, 0.3) is 0 Å². The van der Waals surface area contributed by atoms with Crippen molar-refractivity contribution in [3.8, 4) is 0 Å². The lowest BCUT2D eigenvalue weighted by molar-refractivity contribution is -0.298. The number of ether oxygens (including phenoxy) is 2. The number of hydrogen-bond acceptors (Lipinski definition) is 11. The molecule has 0 aromatic rings. The summed E-state index contributed by atoms with van der Waals surface area (Å²) in [4.78, 5) is 13.0. The van der Waals surface area contributed by atoms with Crippen LogP contribution < -0.4 is 5.32 Å². The van der Waals surface area contributed by atoms with E-state index in [0.717, 1.165) is 57.8 Å². The number of carbonyl (C=O) groups is 1. The van der Waals surface area contributed by atoms with E-state index < -0.39 is 78.5 Å². The first-order chi connectivity index (χ1) is 26.9. The first kappa shape index (κ1) is 52.3. The molecule has 1 aliphatic heterocycles. The Bertz CT molecular complexity index is 1170. The van der Waals surface area contributed by atoms with E-state index in [1.165, 1.54) is 76.7 Å². The minimum Gasteiger partial charge on any atom is -0.394 e. The van der Waals surface area contributed by atoms with Crippen molar-refractivity contribution in [2.24, 2.45) is 0 Å². The molecule has 7 N–H and O–H groups in total. The number of rotatable bonds is 35. The van der Waals surface area contributed by atoms with Gasteiger partial charge in [-0.05, 0) is 44.9 Å². The highest BCUT2D eigenvalue weighted by atomic mass is 32.3. The Morgan fingerprint density at radius 2 is 1.21 bits per heavy atom. The van der Waals surface area contributed by atoms with E-state index in [1.54, 1.807) is 6.08 Å². The lowest BCUT2D eigenvalue weighted by Crippen LogP contribution is -2.61. The van der Waals surface area contributed by atoms with Gasteiger partial charge in [-0.2, -0.15) is 8.42 Å². The summed E-state index contributed by atoms with van der Waals surface area (Å²) in [5.41, 5.74) is 0. The normalized spacial score (nSPS) is 22.3. The molecular formula is C42H77NO12S. The molecule has 0 radical (unpaired) electrons. The zero-order chi connectivity index (χ0) is 41.4. The monoisotopic (exact) mass is 820 g/mol. The molecular weight excluding hydrogens is 743 g/mol. The summed E-state index contributed by atoms with van der Waals surface area (Å²) < 4.78 is 47.3. The summed E-state index contributed by atoms with van der Waals surface area (Å²) in [6, 6.07) is -1.12. The lowest BCUT2D eigenvalue weighted by Gasteiger charge is -2.41. The zero-order valence-corrected chi connectivity index (χ0v) is 35.1. The van der Waals surface area contributed by atoms with E-state index in [9.17, 15) is 38.7 Å². The van der Waals surface area contributed by atoms with Gasteiger partial charge in [-0.1, -0.05) is 153 Å². The molecule has 1 rings (SSSR count). The highest BCUT2D eigenvalue weighted by Gasteiger charge is 2.48. The average Bonchev–Trinajstić information content (AvgIpc) is 3.16. The number of unbranched alkanes of at least 4 members (excludes halogenated alkanes) is 19. The van der Waals surface area contributed by atoms with E-state index in [1.807, 2.05) is 0 Å². The average molecular weight is 820 g/mol. The number of amides is 1. The molecule has 56 heavy (non-hydrogen) atoms. The van der Waals surface area contributed by atoms with Crippen molar-refractivity contribution in [1.29, 1.82) is 0 Å². The van der Waals surface area contributed by atoms with Gasteiger partial charge in [0.1, 0.15) is 30.5 Å². The van der Waals surface area contributed by atoms with Crippen LogP contribution in [0.5, 0.6) is 0 Å². The van der Waals surface area contributed by atoms with Gasteiger partial charge in [-0.15, -0.1) is 0 Å². The van der Waals surface area contributed by atoms with Gasteiger partial charge in [-0.3, -0.25) is 9.35 Å². The minimum absolute atomic E-state index is 0.236. The van der Waals surface area contributed by atoms with Gasteiger partial charge in [0, 0.05) is 0 Å². The highest BCUT2D eigenvalue weighted by molar-refractivity contribution is 7.80. The lowest BCUT2D eigenvalue weighted by atomic mass is 9.99. The van der Waals surface area contributed by atoms with Crippen molar-refractivity contribution in [3.05, 3.63) is 36.5 Å². The predicted octanol–water partition coefficient (Wildman–Crippen LogP) is 6.52. The van der Waals surface area contributed by atoms with E-state index in [-0.39, 0.29) is 6.42 Å². The maximum atomic E-state index is 13.0. The van der Waals surface area contributed by atoms with Crippen LogP contribution in [0.2, 0.25) is 0 Å². The number of carbonyl (C=O) groups excluding carboxylic acids is 1. The van der Waals surface area contributed by atoms with Crippen LogP contribution in [0.4, 0.5) is 0 Å². The van der Waals surface area contributed by atoms with E-state index >= 15 is 0 Å². The van der Waals surface area contributed by atoms with E-state index in [2.05, 4.69) is 47.7 Å². The number of hydrogen-bond donors (Lipinski definition) is 7. The first-order valence-corrected chi connectivity index (χ1v) is 22.9. The molecule has 1 aliphatic rings. The Morgan fingerprint density at radius 1 is 0.732 bits per heavy atom. The molecule has 14 heteroatoms. The topological polar surface area (TPSA) is 212 Å². The van der Waals surface area contributed by atoms with Gasteiger partial charge in [0.25, 0.3) is 0 Å². The van der Waals surface area contributed by atoms with Crippen molar-refractivity contribution in [2.45, 2.75) is 210 Å². The molecule has 1 fully saturated rings. The van der Waals surface area contributed by atoms with Gasteiger partial charge in [-0.25, -0.2) is 4.18 Å². The molecule has 1 amide bonds. The van der Waals surface area contributed by atoms with Crippen LogP contribution in [-0.2, 0) is 28.9 Å². The van der Waals surface area contributed by atoms with Gasteiger partial charge in [0.15, 0.2) is 6.29 Å². The molecule has 0 aromatic carbocycles. The molecule has 0 aliphatic carbocycles. The Morgan fingerprint density at radius 3 is 1.75 bits per heavy atom. The SMILES string of the molecule is CCCCC/C=C\C=C/CCCCCCCCCCCC(O)C(=O)NC(COC1OC(CO)C(O)C(OS(=O)(=O)O)C1O)C(O)/C=C/CCCCCCCCC. The predicted molar refractivity (Wildman–Crippen MR) is 219 cm³/mol. The Labute approximate surface area is 337 Å². The van der Waals surface area contributed by atoms with Crippen molar-refractivity contribution < 1.29 is 57.0 Å². The number of nitrogens with one attached hydrogen (secondary N) is 1. The molecule has 0 aromatic heterocycles. The quantitative estimate of drug-likeness (QED) is 0.0158. The molecule has 8 atom stereocenters. The van der Waals surface area contributed by atoms with Crippen molar-refractivity contribution in [1.82, 2.24) is 5.32 Å². The second-order valence-electron chi connectivity index (χ2n) is 15.1. The third-order valence-corrected chi connectivity index (χ3v) is 10.5. The molecule has 0 saturated carbocycles. The molecule has 328 valence electrons. The van der Waals surface area contributed by atoms with E-state index in [0.29, 0.717) is 12.8 Å². The van der Waals surface area contributed by atoms with Crippen LogP contribution in [0, 0.1) is 0 Å². The molecule has 0 bridgehead atoms. The fraction of sp³-hybridized carbons (Fsp3) is 0.833. The van der Waals surface area contributed by atoms with Crippen LogP contribution in [0.15, 0.2) is 36.5 Å². The summed E-state index contributed by atoms with van der Waals surface area (Å²) >= 11 is 0. The molecule has 1 heterocycles. The summed E-state index contributed by atoms with van der Waals surface area (Å²) in [6.07, 6.45) is 25.3. The zero-order valence-electron chi connectivity index (χ0n) is 34.3. The van der Waals surface area contributed by atoms with E-state index in [4.69, 9.17) is 14.0 Å². The molecule has 0 spiro atoms. The van der Waals surface area contributed by atoms with Crippen molar-refractivity contribution >= 4 is 16.3 Å². The van der Waals surface area contributed by atoms with Gasteiger partial charge in [0.2, 0.25) is 5.91 Å².